The van der Waals surface area contributed by atoms with Crippen molar-refractivity contribution in [1.29, 1.82) is 0 Å². The molecule has 2 atom stereocenters. The van der Waals surface area contributed by atoms with E-state index < -0.39 is 38.7 Å². The molecular weight excluding hydrogens is 289 g/mol. The van der Waals surface area contributed by atoms with Crippen molar-refractivity contribution in [3.63, 3.8) is 0 Å². The lowest BCUT2D eigenvalue weighted by Crippen LogP contribution is -2.44. The van der Waals surface area contributed by atoms with Crippen molar-refractivity contribution in [2.45, 2.75) is 10.9 Å². The van der Waals surface area contributed by atoms with Crippen LogP contribution in [0.1, 0.15) is 0 Å². The van der Waals surface area contributed by atoms with Crippen LogP contribution in [0.25, 0.3) is 0 Å². The summed E-state index contributed by atoms with van der Waals surface area (Å²) < 4.78 is 44.2. The van der Waals surface area contributed by atoms with Gasteiger partial charge in [0.15, 0.2) is 0 Å². The highest BCUT2D eigenvalue weighted by Crippen LogP contribution is 2.26. The Labute approximate surface area is 115 Å². The van der Waals surface area contributed by atoms with Gasteiger partial charge < -0.3 is 9.84 Å². The summed E-state index contributed by atoms with van der Waals surface area (Å²) in [4.78, 5) is 10.6. The van der Waals surface area contributed by atoms with Crippen molar-refractivity contribution in [2.75, 3.05) is 20.3 Å². The first-order valence-electron chi connectivity index (χ1n) is 5.89. The second-order valence-electron chi connectivity index (χ2n) is 4.50. The van der Waals surface area contributed by atoms with E-state index in [4.69, 9.17) is 9.84 Å². The smallest absolute Gasteiger partial charge is 0.310 e. The predicted molar refractivity (Wildman–Crippen MR) is 67.1 cm³/mol. The van der Waals surface area contributed by atoms with Gasteiger partial charge in [0.1, 0.15) is 10.7 Å². The van der Waals surface area contributed by atoms with Gasteiger partial charge in [-0.1, -0.05) is 12.1 Å². The van der Waals surface area contributed by atoms with Crippen molar-refractivity contribution in [3.8, 4) is 0 Å². The molecule has 0 aromatic heterocycles. The van der Waals surface area contributed by atoms with Crippen LogP contribution in [0.15, 0.2) is 29.2 Å². The molecule has 1 aromatic carbocycles. The van der Waals surface area contributed by atoms with Crippen LogP contribution in [0.4, 0.5) is 4.39 Å². The predicted octanol–water partition coefficient (Wildman–Crippen LogP) is 0.546. The third-order valence-electron chi connectivity index (χ3n) is 3.33. The van der Waals surface area contributed by atoms with Crippen LogP contribution in [-0.2, 0) is 19.6 Å². The van der Waals surface area contributed by atoms with Gasteiger partial charge in [0.25, 0.3) is 0 Å². The Morgan fingerprint density at radius 1 is 1.40 bits per heavy atom. The van der Waals surface area contributed by atoms with E-state index in [1.807, 2.05) is 0 Å². The van der Waals surface area contributed by atoms with Crippen LogP contribution >= 0.6 is 0 Å². The lowest BCUT2D eigenvalue weighted by molar-refractivity contribution is -0.142. The molecule has 0 bridgehead atoms. The molecule has 6 nitrogen and oxygen atoms in total. The van der Waals surface area contributed by atoms with E-state index in [2.05, 4.69) is 0 Å². The summed E-state index contributed by atoms with van der Waals surface area (Å²) in [6, 6.07) is 4.13. The van der Waals surface area contributed by atoms with Crippen molar-refractivity contribution in [1.82, 2.24) is 4.31 Å². The average Bonchev–Trinajstić information content (AvgIpc) is 2.87. The Hall–Kier alpha value is -1.51. The van der Waals surface area contributed by atoms with Gasteiger partial charge in [-0.25, -0.2) is 12.8 Å². The van der Waals surface area contributed by atoms with Gasteiger partial charge in [0.2, 0.25) is 10.0 Å². The Bertz CT molecular complexity index is 618. The van der Waals surface area contributed by atoms with E-state index in [1.54, 1.807) is 0 Å². The largest absolute Gasteiger partial charge is 0.481 e. The number of benzene rings is 1. The van der Waals surface area contributed by atoms with Gasteiger partial charge in [-0.3, -0.25) is 4.79 Å². The van der Waals surface area contributed by atoms with Crippen LogP contribution in [0.2, 0.25) is 0 Å². The molecule has 110 valence electrons. The Balaban J connectivity index is 2.35. The van der Waals surface area contributed by atoms with E-state index >= 15 is 0 Å². The highest BCUT2D eigenvalue weighted by Gasteiger charge is 2.41. The summed E-state index contributed by atoms with van der Waals surface area (Å²) in [6.45, 7) is -0.0850. The fourth-order valence-corrected chi connectivity index (χ4v) is 3.56. The monoisotopic (exact) mass is 303 g/mol. The Kier molecular flexibility index (Phi) is 4.07. The molecule has 0 amide bonds. The van der Waals surface area contributed by atoms with E-state index in [9.17, 15) is 17.6 Å². The zero-order chi connectivity index (χ0) is 14.9. The van der Waals surface area contributed by atoms with Crippen molar-refractivity contribution in [2.24, 2.45) is 5.92 Å². The fourth-order valence-electron chi connectivity index (χ4n) is 2.12. The first kappa shape index (κ1) is 14.9. The number of halogens is 1. The third kappa shape index (κ3) is 2.54. The second kappa shape index (κ2) is 5.47. The first-order valence-corrected chi connectivity index (χ1v) is 7.33. The minimum absolute atomic E-state index is 0.0266. The van der Waals surface area contributed by atoms with Crippen LogP contribution < -0.4 is 0 Å². The highest BCUT2D eigenvalue weighted by molar-refractivity contribution is 7.89. The summed E-state index contributed by atoms with van der Waals surface area (Å²) >= 11 is 0. The first-order chi connectivity index (χ1) is 9.35. The molecule has 1 aromatic rings. The number of carboxylic acids is 1. The number of hydrogen-bond acceptors (Lipinski definition) is 4. The SMILES string of the molecule is CN(C1COCC1C(=O)O)S(=O)(=O)c1ccccc1F. The van der Waals surface area contributed by atoms with Crippen molar-refractivity contribution < 1.29 is 27.4 Å². The molecule has 8 heteroatoms. The molecule has 1 fully saturated rings. The molecule has 20 heavy (non-hydrogen) atoms. The number of rotatable bonds is 4. The van der Waals surface area contributed by atoms with Gasteiger partial charge in [0.05, 0.1) is 25.2 Å². The van der Waals surface area contributed by atoms with Gasteiger partial charge >= 0.3 is 5.97 Å². The average molecular weight is 303 g/mol. The van der Waals surface area contributed by atoms with Crippen LogP contribution in [0.5, 0.6) is 0 Å². The van der Waals surface area contributed by atoms with Crippen LogP contribution in [-0.4, -0.2) is 50.1 Å². The highest BCUT2D eigenvalue weighted by atomic mass is 32.2. The van der Waals surface area contributed by atoms with Crippen molar-refractivity contribution >= 4 is 16.0 Å². The summed E-state index contributed by atoms with van der Waals surface area (Å²) in [6.07, 6.45) is 0. The summed E-state index contributed by atoms with van der Waals surface area (Å²) in [5, 5.41) is 9.05. The molecule has 1 aliphatic heterocycles. The fraction of sp³-hybridized carbons (Fsp3) is 0.417. The quantitative estimate of drug-likeness (QED) is 0.878. The molecule has 1 N–H and O–H groups in total. The molecule has 2 rings (SSSR count). The molecule has 0 spiro atoms. The Morgan fingerprint density at radius 3 is 2.65 bits per heavy atom. The third-order valence-corrected chi connectivity index (χ3v) is 5.24. The number of likely N-dealkylation sites (N-methyl/N-ethyl adjacent to an activating group) is 1. The summed E-state index contributed by atoms with van der Waals surface area (Å²) in [5.74, 6) is -2.96. The maximum absolute atomic E-state index is 13.6. The molecule has 2 unspecified atom stereocenters. The lowest BCUT2D eigenvalue weighted by Gasteiger charge is -2.25. The maximum Gasteiger partial charge on any atom is 0.310 e. The topological polar surface area (TPSA) is 83.9 Å². The van der Waals surface area contributed by atoms with Crippen LogP contribution in [0.3, 0.4) is 0 Å². The maximum atomic E-state index is 13.6. The van der Waals surface area contributed by atoms with Crippen molar-refractivity contribution in [3.05, 3.63) is 30.1 Å². The van der Waals surface area contributed by atoms with Gasteiger partial charge in [-0.15, -0.1) is 0 Å². The van der Waals surface area contributed by atoms with E-state index in [0.29, 0.717) is 0 Å². The molecular formula is C12H14FNO5S. The van der Waals surface area contributed by atoms with E-state index in [0.717, 1.165) is 16.4 Å². The molecule has 0 aliphatic carbocycles. The van der Waals surface area contributed by atoms with E-state index in [1.165, 1.54) is 19.2 Å². The van der Waals surface area contributed by atoms with Gasteiger partial charge in [-0.2, -0.15) is 4.31 Å². The minimum Gasteiger partial charge on any atom is -0.481 e. The molecule has 0 saturated carbocycles. The number of nitrogens with zero attached hydrogens (tertiary/aromatic N) is 1. The molecule has 1 saturated heterocycles. The normalized spacial score (nSPS) is 23.1. The Morgan fingerprint density at radius 2 is 2.05 bits per heavy atom. The zero-order valence-corrected chi connectivity index (χ0v) is 11.5. The number of carbonyl (C=O) groups is 1. The minimum atomic E-state index is -4.10. The number of carboxylic acid groups (broad SMARTS) is 1. The van der Waals surface area contributed by atoms with Crippen LogP contribution in [0, 0.1) is 11.7 Å². The van der Waals surface area contributed by atoms with Gasteiger partial charge in [-0.05, 0) is 12.1 Å². The number of aliphatic carboxylic acids is 1. The molecule has 1 aliphatic rings. The lowest BCUT2D eigenvalue weighted by atomic mass is 10.1. The summed E-state index contributed by atoms with van der Waals surface area (Å²) in [7, 11) is -2.87. The zero-order valence-electron chi connectivity index (χ0n) is 10.7. The second-order valence-corrected chi connectivity index (χ2v) is 6.47. The number of hydrogen-bond donors (Lipinski definition) is 1. The molecule has 1 heterocycles. The van der Waals surface area contributed by atoms with E-state index in [-0.39, 0.29) is 13.2 Å². The number of ether oxygens (including phenoxy) is 1. The standard InChI is InChI=1S/C12H14FNO5S/c1-14(10-7-19-6-8(10)12(15)16)20(17,18)11-5-3-2-4-9(11)13/h2-5,8,10H,6-7H2,1H3,(H,15,16). The summed E-state index contributed by atoms with van der Waals surface area (Å²) in [5.41, 5.74) is 0. The molecule has 0 radical (unpaired) electrons. The van der Waals surface area contributed by atoms with Gasteiger partial charge in [0, 0.05) is 7.05 Å². The number of sulfonamides is 1.